The summed E-state index contributed by atoms with van der Waals surface area (Å²) in [6, 6.07) is 3.99. The van der Waals surface area contributed by atoms with Gasteiger partial charge in [0.15, 0.2) is 5.96 Å². The van der Waals surface area contributed by atoms with E-state index in [0.29, 0.717) is 13.2 Å². The fourth-order valence-corrected chi connectivity index (χ4v) is 2.12. The second-order valence-corrected chi connectivity index (χ2v) is 7.11. The summed E-state index contributed by atoms with van der Waals surface area (Å²) in [6.07, 6.45) is 5.23. The standard InChI is InChI=1S/C14H26N4O3S/c1-3-15-14(16-6-10-18-8-4-5-9-18)17-7-11-21-12-13-22(2,19)20/h4-5,8-9H,3,6-7,10-13H2,1-2H3,(H2,15,16,17). The van der Waals surface area contributed by atoms with Crippen LogP contribution in [-0.2, 0) is 21.1 Å². The Morgan fingerprint density at radius 2 is 1.95 bits per heavy atom. The van der Waals surface area contributed by atoms with Crippen LogP contribution in [0, 0.1) is 0 Å². The average molecular weight is 330 g/mol. The highest BCUT2D eigenvalue weighted by molar-refractivity contribution is 7.90. The Hall–Kier alpha value is -1.54. The van der Waals surface area contributed by atoms with Crippen molar-refractivity contribution < 1.29 is 13.2 Å². The molecule has 1 heterocycles. The normalized spacial score (nSPS) is 12.4. The fourth-order valence-electron chi connectivity index (χ4n) is 1.70. The SMILES string of the molecule is CCNC(=NCCOCCS(C)(=O)=O)NCCn1cccc1. The van der Waals surface area contributed by atoms with Gasteiger partial charge in [0.1, 0.15) is 9.84 Å². The van der Waals surface area contributed by atoms with Crippen molar-refractivity contribution in [3.05, 3.63) is 24.5 Å². The minimum Gasteiger partial charge on any atom is -0.378 e. The van der Waals surface area contributed by atoms with Crippen molar-refractivity contribution in [1.82, 2.24) is 15.2 Å². The molecule has 0 bridgehead atoms. The van der Waals surface area contributed by atoms with E-state index in [4.69, 9.17) is 4.74 Å². The Morgan fingerprint density at radius 1 is 1.23 bits per heavy atom. The van der Waals surface area contributed by atoms with Crippen LogP contribution in [-0.4, -0.2) is 63.8 Å². The highest BCUT2D eigenvalue weighted by Crippen LogP contribution is 1.88. The first-order valence-electron chi connectivity index (χ1n) is 7.39. The van der Waals surface area contributed by atoms with Crippen LogP contribution in [0.25, 0.3) is 0 Å². The molecule has 0 amide bonds. The van der Waals surface area contributed by atoms with Gasteiger partial charge in [-0.3, -0.25) is 4.99 Å². The van der Waals surface area contributed by atoms with Crippen molar-refractivity contribution in [2.45, 2.75) is 13.5 Å². The van der Waals surface area contributed by atoms with Gasteiger partial charge in [-0.2, -0.15) is 0 Å². The molecule has 7 nitrogen and oxygen atoms in total. The van der Waals surface area contributed by atoms with Crippen LogP contribution < -0.4 is 10.6 Å². The monoisotopic (exact) mass is 330 g/mol. The van der Waals surface area contributed by atoms with E-state index in [9.17, 15) is 8.42 Å². The van der Waals surface area contributed by atoms with Crippen LogP contribution in [0.1, 0.15) is 6.92 Å². The summed E-state index contributed by atoms with van der Waals surface area (Å²) >= 11 is 0. The van der Waals surface area contributed by atoms with Crippen LogP contribution in [0.2, 0.25) is 0 Å². The van der Waals surface area contributed by atoms with Crippen LogP contribution in [0.15, 0.2) is 29.5 Å². The number of sulfone groups is 1. The number of guanidine groups is 1. The summed E-state index contributed by atoms with van der Waals surface area (Å²) in [6.45, 7) is 5.53. The molecule has 0 aromatic carbocycles. The predicted octanol–water partition coefficient (Wildman–Crippen LogP) is 0.104. The van der Waals surface area contributed by atoms with Gasteiger partial charge in [-0.1, -0.05) is 0 Å². The molecule has 0 atom stereocenters. The Bertz CT molecular complexity index is 526. The second kappa shape index (κ2) is 10.2. The van der Waals surface area contributed by atoms with E-state index in [1.54, 1.807) is 0 Å². The fraction of sp³-hybridized carbons (Fsp3) is 0.643. The van der Waals surface area contributed by atoms with Gasteiger partial charge in [0, 0.05) is 38.3 Å². The molecule has 0 unspecified atom stereocenters. The van der Waals surface area contributed by atoms with Gasteiger partial charge in [-0.15, -0.1) is 0 Å². The van der Waals surface area contributed by atoms with E-state index in [2.05, 4.69) is 20.2 Å². The largest absolute Gasteiger partial charge is 0.378 e. The van der Waals surface area contributed by atoms with Crippen molar-refractivity contribution in [2.75, 3.05) is 44.9 Å². The Balaban J connectivity index is 2.20. The highest BCUT2D eigenvalue weighted by Gasteiger charge is 2.01. The van der Waals surface area contributed by atoms with Crippen molar-refractivity contribution in [1.29, 1.82) is 0 Å². The van der Waals surface area contributed by atoms with E-state index in [1.165, 1.54) is 6.26 Å². The van der Waals surface area contributed by atoms with E-state index >= 15 is 0 Å². The maximum atomic E-state index is 10.9. The lowest BCUT2D eigenvalue weighted by atomic mass is 10.6. The van der Waals surface area contributed by atoms with Gasteiger partial charge < -0.3 is 19.9 Å². The second-order valence-electron chi connectivity index (χ2n) is 4.85. The van der Waals surface area contributed by atoms with Gasteiger partial charge >= 0.3 is 0 Å². The maximum Gasteiger partial charge on any atom is 0.191 e. The number of hydrogen-bond acceptors (Lipinski definition) is 4. The molecule has 1 aromatic rings. The molecule has 0 spiro atoms. The Morgan fingerprint density at radius 3 is 2.59 bits per heavy atom. The Kier molecular flexibility index (Phi) is 8.61. The summed E-state index contributed by atoms with van der Waals surface area (Å²) in [5, 5.41) is 6.40. The van der Waals surface area contributed by atoms with Gasteiger partial charge in [0.2, 0.25) is 0 Å². The molecular formula is C14H26N4O3S. The molecule has 0 aliphatic heterocycles. The maximum absolute atomic E-state index is 10.9. The van der Waals surface area contributed by atoms with Crippen molar-refractivity contribution in [3.8, 4) is 0 Å². The molecule has 0 aliphatic carbocycles. The predicted molar refractivity (Wildman–Crippen MR) is 88.9 cm³/mol. The van der Waals surface area contributed by atoms with Crippen LogP contribution in [0.4, 0.5) is 0 Å². The lowest BCUT2D eigenvalue weighted by molar-refractivity contribution is 0.157. The summed E-state index contributed by atoms with van der Waals surface area (Å²) in [7, 11) is -2.96. The van der Waals surface area contributed by atoms with Crippen LogP contribution >= 0.6 is 0 Å². The van der Waals surface area contributed by atoms with E-state index in [0.717, 1.165) is 25.6 Å². The van der Waals surface area contributed by atoms with E-state index < -0.39 is 9.84 Å². The number of aromatic nitrogens is 1. The summed E-state index contributed by atoms with van der Waals surface area (Å²) in [5.74, 6) is 0.785. The average Bonchev–Trinajstić information content (AvgIpc) is 2.94. The quantitative estimate of drug-likeness (QED) is 0.361. The number of ether oxygens (including phenoxy) is 1. The summed E-state index contributed by atoms with van der Waals surface area (Å²) in [4.78, 5) is 4.38. The third-order valence-corrected chi connectivity index (χ3v) is 3.69. The van der Waals surface area contributed by atoms with Gasteiger partial charge in [-0.05, 0) is 19.1 Å². The molecule has 22 heavy (non-hydrogen) atoms. The molecule has 8 heteroatoms. The van der Waals surface area contributed by atoms with Crippen molar-refractivity contribution in [3.63, 3.8) is 0 Å². The van der Waals surface area contributed by atoms with Gasteiger partial charge in [0.05, 0.1) is 25.5 Å². The zero-order chi connectivity index (χ0) is 16.3. The molecule has 1 aromatic heterocycles. The number of rotatable bonds is 10. The van der Waals surface area contributed by atoms with Crippen molar-refractivity contribution >= 4 is 15.8 Å². The molecule has 0 fully saturated rings. The minimum atomic E-state index is -2.96. The van der Waals surface area contributed by atoms with Crippen molar-refractivity contribution in [2.24, 2.45) is 4.99 Å². The Labute approximate surface area is 132 Å². The number of nitrogens with one attached hydrogen (secondary N) is 2. The zero-order valence-electron chi connectivity index (χ0n) is 13.3. The molecule has 0 saturated heterocycles. The summed E-state index contributed by atoms with van der Waals surface area (Å²) in [5.41, 5.74) is 0. The topological polar surface area (TPSA) is 84.7 Å². The molecule has 0 saturated carbocycles. The first-order valence-corrected chi connectivity index (χ1v) is 9.45. The highest BCUT2D eigenvalue weighted by atomic mass is 32.2. The number of nitrogens with zero attached hydrogens (tertiary/aromatic N) is 2. The third kappa shape index (κ3) is 9.41. The lowest BCUT2D eigenvalue weighted by Crippen LogP contribution is -2.39. The van der Waals surface area contributed by atoms with E-state index in [-0.39, 0.29) is 12.4 Å². The molecule has 0 aliphatic rings. The lowest BCUT2D eigenvalue weighted by Gasteiger charge is -2.11. The first kappa shape index (κ1) is 18.5. The first-order chi connectivity index (χ1) is 10.5. The minimum absolute atomic E-state index is 0.0475. The number of aliphatic imine (C=N–C) groups is 1. The summed E-state index contributed by atoms with van der Waals surface area (Å²) < 4.78 is 29.2. The molecule has 2 N–H and O–H groups in total. The molecule has 0 radical (unpaired) electrons. The van der Waals surface area contributed by atoms with Gasteiger partial charge in [0.25, 0.3) is 0 Å². The molecular weight excluding hydrogens is 304 g/mol. The zero-order valence-corrected chi connectivity index (χ0v) is 14.1. The number of hydrogen-bond donors (Lipinski definition) is 2. The third-order valence-electron chi connectivity index (χ3n) is 2.78. The van der Waals surface area contributed by atoms with Gasteiger partial charge in [-0.25, -0.2) is 8.42 Å². The smallest absolute Gasteiger partial charge is 0.191 e. The van der Waals surface area contributed by atoms with Crippen LogP contribution in [0.5, 0.6) is 0 Å². The molecule has 126 valence electrons. The van der Waals surface area contributed by atoms with E-state index in [1.807, 2.05) is 31.5 Å². The van der Waals surface area contributed by atoms with Crippen LogP contribution in [0.3, 0.4) is 0 Å². The molecule has 1 rings (SSSR count).